The van der Waals surface area contributed by atoms with Crippen LogP contribution in [-0.2, 0) is 17.3 Å². The SMILES string of the molecule is CCN(C)S(=O)(=O)Nc1cccc(Oc2ccc3ncn(C)c(=O)c3c2)c1C#N. The predicted octanol–water partition coefficient (Wildman–Crippen LogP) is 2.21. The van der Waals surface area contributed by atoms with E-state index in [9.17, 15) is 18.5 Å². The number of anilines is 1. The molecule has 0 unspecified atom stereocenters. The largest absolute Gasteiger partial charge is 0.456 e. The fraction of sp³-hybridized carbons (Fsp3) is 0.211. The van der Waals surface area contributed by atoms with Crippen LogP contribution in [0.5, 0.6) is 11.5 Å². The molecule has 9 nitrogen and oxygen atoms in total. The Balaban J connectivity index is 2.00. The molecule has 3 aromatic rings. The summed E-state index contributed by atoms with van der Waals surface area (Å²) < 4.78 is 35.3. The van der Waals surface area contributed by atoms with Crippen molar-refractivity contribution in [2.75, 3.05) is 18.3 Å². The summed E-state index contributed by atoms with van der Waals surface area (Å²) >= 11 is 0. The zero-order valence-corrected chi connectivity index (χ0v) is 16.9. The van der Waals surface area contributed by atoms with E-state index in [1.165, 1.54) is 30.1 Å². The third kappa shape index (κ3) is 4.06. The summed E-state index contributed by atoms with van der Waals surface area (Å²) in [6.45, 7) is 1.97. The van der Waals surface area contributed by atoms with Gasteiger partial charge in [0.2, 0.25) is 0 Å². The number of hydrogen-bond donors (Lipinski definition) is 1. The van der Waals surface area contributed by atoms with Crippen LogP contribution < -0.4 is 15.0 Å². The lowest BCUT2D eigenvalue weighted by molar-refractivity contribution is 0.482. The van der Waals surface area contributed by atoms with Gasteiger partial charge >= 0.3 is 10.2 Å². The minimum absolute atomic E-state index is 0.0276. The Morgan fingerprint density at radius 3 is 2.76 bits per heavy atom. The maximum absolute atomic E-state index is 12.3. The summed E-state index contributed by atoms with van der Waals surface area (Å²) in [5, 5.41) is 9.95. The van der Waals surface area contributed by atoms with Crippen molar-refractivity contribution in [3.63, 3.8) is 0 Å². The fourth-order valence-electron chi connectivity index (χ4n) is 2.58. The normalized spacial score (nSPS) is 11.4. The van der Waals surface area contributed by atoms with E-state index in [4.69, 9.17) is 4.74 Å². The van der Waals surface area contributed by atoms with Crippen molar-refractivity contribution in [3.8, 4) is 17.6 Å². The van der Waals surface area contributed by atoms with Gasteiger partial charge in [-0.05, 0) is 30.3 Å². The van der Waals surface area contributed by atoms with Gasteiger partial charge in [0.15, 0.2) is 0 Å². The Kier molecular flexibility index (Phi) is 5.54. The molecule has 1 aromatic heterocycles. The summed E-state index contributed by atoms with van der Waals surface area (Å²) in [6, 6.07) is 11.4. The van der Waals surface area contributed by atoms with Crippen molar-refractivity contribution in [2.45, 2.75) is 6.92 Å². The standard InChI is InChI=1S/C19H19N5O4S/c1-4-24(3)29(26,27)22-17-6-5-7-18(15(17)11-20)28-13-8-9-16-14(10-13)19(25)23(2)12-21-16/h5-10,12,22H,4H2,1-3H3. The molecule has 0 saturated heterocycles. The quantitative estimate of drug-likeness (QED) is 0.662. The highest BCUT2D eigenvalue weighted by molar-refractivity contribution is 7.90. The predicted molar refractivity (Wildman–Crippen MR) is 109 cm³/mol. The summed E-state index contributed by atoms with van der Waals surface area (Å²) in [5.74, 6) is 0.483. The maximum atomic E-state index is 12.3. The number of fused-ring (bicyclic) bond motifs is 1. The van der Waals surface area contributed by atoms with Crippen molar-refractivity contribution in [1.82, 2.24) is 13.9 Å². The summed E-state index contributed by atoms with van der Waals surface area (Å²) in [5.41, 5.74) is 0.415. The first kappa shape index (κ1) is 20.3. The third-order valence-corrected chi connectivity index (χ3v) is 5.91. The molecule has 1 N–H and O–H groups in total. The highest BCUT2D eigenvalue weighted by Crippen LogP contribution is 2.31. The molecule has 0 aliphatic rings. The van der Waals surface area contributed by atoms with Crippen LogP contribution in [0.4, 0.5) is 5.69 Å². The van der Waals surface area contributed by atoms with Crippen LogP contribution in [0.2, 0.25) is 0 Å². The average molecular weight is 413 g/mol. The minimum atomic E-state index is -3.80. The number of aryl methyl sites for hydroxylation is 1. The van der Waals surface area contributed by atoms with E-state index in [0.717, 1.165) is 4.31 Å². The average Bonchev–Trinajstić information content (AvgIpc) is 2.70. The lowest BCUT2D eigenvalue weighted by Gasteiger charge is -2.18. The van der Waals surface area contributed by atoms with Gasteiger partial charge < -0.3 is 9.30 Å². The summed E-state index contributed by atoms with van der Waals surface area (Å²) in [6.07, 6.45) is 1.43. The lowest BCUT2D eigenvalue weighted by Crippen LogP contribution is -2.32. The van der Waals surface area contributed by atoms with Crippen molar-refractivity contribution < 1.29 is 13.2 Å². The highest BCUT2D eigenvalue weighted by Gasteiger charge is 2.19. The van der Waals surface area contributed by atoms with E-state index >= 15 is 0 Å². The van der Waals surface area contributed by atoms with Crippen molar-refractivity contribution >= 4 is 26.8 Å². The molecule has 29 heavy (non-hydrogen) atoms. The molecule has 0 spiro atoms. The van der Waals surface area contributed by atoms with Crippen LogP contribution in [0.25, 0.3) is 10.9 Å². The van der Waals surface area contributed by atoms with E-state index in [2.05, 4.69) is 9.71 Å². The number of aromatic nitrogens is 2. The third-order valence-electron chi connectivity index (χ3n) is 4.35. The van der Waals surface area contributed by atoms with E-state index in [1.807, 2.05) is 6.07 Å². The van der Waals surface area contributed by atoms with Crippen LogP contribution >= 0.6 is 0 Å². The van der Waals surface area contributed by atoms with E-state index in [-0.39, 0.29) is 29.1 Å². The van der Waals surface area contributed by atoms with Crippen LogP contribution in [0.15, 0.2) is 47.5 Å². The summed E-state index contributed by atoms with van der Waals surface area (Å²) in [7, 11) is -0.775. The smallest absolute Gasteiger partial charge is 0.301 e. The Labute approximate surface area is 168 Å². The molecule has 0 saturated carbocycles. The minimum Gasteiger partial charge on any atom is -0.456 e. The number of nitriles is 1. The lowest BCUT2D eigenvalue weighted by atomic mass is 10.2. The van der Waals surface area contributed by atoms with Gasteiger partial charge in [0.25, 0.3) is 5.56 Å². The van der Waals surface area contributed by atoms with Gasteiger partial charge in [-0.15, -0.1) is 0 Å². The number of hydrogen-bond acceptors (Lipinski definition) is 6. The highest BCUT2D eigenvalue weighted by atomic mass is 32.2. The fourth-order valence-corrected chi connectivity index (χ4v) is 3.53. The van der Waals surface area contributed by atoms with Gasteiger partial charge in [-0.1, -0.05) is 13.0 Å². The van der Waals surface area contributed by atoms with Gasteiger partial charge in [0, 0.05) is 20.6 Å². The van der Waals surface area contributed by atoms with Crippen LogP contribution in [-0.4, -0.2) is 35.9 Å². The van der Waals surface area contributed by atoms with Gasteiger partial charge in [0.1, 0.15) is 23.1 Å². The van der Waals surface area contributed by atoms with Crippen LogP contribution in [0.3, 0.4) is 0 Å². The molecule has 1 heterocycles. The molecule has 0 radical (unpaired) electrons. The topological polar surface area (TPSA) is 117 Å². The number of nitrogens with one attached hydrogen (secondary N) is 1. The van der Waals surface area contributed by atoms with Crippen LogP contribution in [0, 0.1) is 11.3 Å². The second kappa shape index (κ2) is 7.90. The molecule has 3 rings (SSSR count). The second-order valence-corrected chi connectivity index (χ2v) is 8.03. The first-order valence-corrected chi connectivity index (χ1v) is 10.1. The van der Waals surface area contributed by atoms with Crippen LogP contribution in [0.1, 0.15) is 12.5 Å². The van der Waals surface area contributed by atoms with E-state index < -0.39 is 10.2 Å². The number of ether oxygens (including phenoxy) is 1. The zero-order chi connectivity index (χ0) is 21.2. The van der Waals surface area contributed by atoms with Gasteiger partial charge in [-0.2, -0.15) is 18.0 Å². The van der Waals surface area contributed by atoms with E-state index in [0.29, 0.717) is 16.7 Å². The molecule has 10 heteroatoms. The Hall–Kier alpha value is -3.42. The van der Waals surface area contributed by atoms with Crippen molar-refractivity contribution in [3.05, 3.63) is 58.6 Å². The Morgan fingerprint density at radius 2 is 2.07 bits per heavy atom. The van der Waals surface area contributed by atoms with Crippen molar-refractivity contribution in [1.29, 1.82) is 5.26 Å². The number of benzene rings is 2. The molecule has 0 aliphatic heterocycles. The number of rotatable bonds is 6. The Morgan fingerprint density at radius 1 is 1.31 bits per heavy atom. The monoisotopic (exact) mass is 413 g/mol. The molecule has 0 fully saturated rings. The van der Waals surface area contributed by atoms with E-state index in [1.54, 1.807) is 38.2 Å². The molecule has 0 atom stereocenters. The molecule has 0 bridgehead atoms. The first-order valence-electron chi connectivity index (χ1n) is 8.67. The second-order valence-electron chi connectivity index (χ2n) is 6.25. The maximum Gasteiger partial charge on any atom is 0.301 e. The number of nitrogens with zero attached hydrogens (tertiary/aromatic N) is 4. The molecule has 2 aromatic carbocycles. The first-order chi connectivity index (χ1) is 13.8. The van der Waals surface area contributed by atoms with Crippen molar-refractivity contribution in [2.24, 2.45) is 7.05 Å². The zero-order valence-electron chi connectivity index (χ0n) is 16.1. The summed E-state index contributed by atoms with van der Waals surface area (Å²) in [4.78, 5) is 16.5. The molecule has 150 valence electrons. The van der Waals surface area contributed by atoms with Gasteiger partial charge in [-0.25, -0.2) is 4.98 Å². The Bertz CT molecular complexity index is 1280. The molecule has 0 amide bonds. The molecule has 0 aliphatic carbocycles. The molecular weight excluding hydrogens is 394 g/mol. The molecular formula is C19H19N5O4S. The van der Waals surface area contributed by atoms with Gasteiger partial charge in [-0.3, -0.25) is 9.52 Å². The van der Waals surface area contributed by atoms with Gasteiger partial charge in [0.05, 0.1) is 22.9 Å².